The first kappa shape index (κ1) is 28.6. The zero-order valence-corrected chi connectivity index (χ0v) is 23.7. The molecule has 0 bridgehead atoms. The molecule has 0 aliphatic carbocycles. The van der Waals surface area contributed by atoms with Gasteiger partial charge in [0, 0.05) is 36.2 Å². The summed E-state index contributed by atoms with van der Waals surface area (Å²) in [6, 6.07) is 3.82. The first-order valence-corrected chi connectivity index (χ1v) is 16.0. The molecule has 0 radical (unpaired) electrons. The molecule has 38 heavy (non-hydrogen) atoms. The molecule has 202 valence electrons. The van der Waals surface area contributed by atoms with E-state index in [4.69, 9.17) is 21.1 Å². The van der Waals surface area contributed by atoms with Gasteiger partial charge >= 0.3 is 0 Å². The van der Waals surface area contributed by atoms with Crippen molar-refractivity contribution in [3.8, 4) is 22.7 Å². The van der Waals surface area contributed by atoms with Gasteiger partial charge < -0.3 is 19.7 Å². The summed E-state index contributed by atoms with van der Waals surface area (Å²) in [6.45, 7) is 5.80. The van der Waals surface area contributed by atoms with Crippen molar-refractivity contribution in [2.24, 2.45) is 0 Å². The Morgan fingerprint density at radius 3 is 2.53 bits per heavy atom. The van der Waals surface area contributed by atoms with Crippen molar-refractivity contribution in [3.05, 3.63) is 64.6 Å². The lowest BCUT2D eigenvalue weighted by Gasteiger charge is -2.51. The smallest absolute Gasteiger partial charge is 0.149 e. The third kappa shape index (κ3) is 5.24. The van der Waals surface area contributed by atoms with E-state index in [1.807, 2.05) is 0 Å². The Hall–Kier alpha value is -2.37. The Balaban J connectivity index is 1.96. The number of rotatable bonds is 5. The van der Waals surface area contributed by atoms with Gasteiger partial charge in [-0.05, 0) is 18.2 Å². The van der Waals surface area contributed by atoms with E-state index in [0.717, 1.165) is 12.1 Å². The van der Waals surface area contributed by atoms with E-state index in [1.165, 1.54) is 24.2 Å². The molecule has 2 N–H and O–H groups in total. The third-order valence-electron chi connectivity index (χ3n) is 6.18. The lowest BCUT2D eigenvalue weighted by Crippen LogP contribution is -2.67. The van der Waals surface area contributed by atoms with E-state index in [9.17, 15) is 19.0 Å². The van der Waals surface area contributed by atoms with Gasteiger partial charge in [-0.2, -0.15) is 0 Å². The molecular weight excluding hydrogens is 554 g/mol. The predicted octanol–water partition coefficient (Wildman–Crippen LogP) is 3.27. The van der Waals surface area contributed by atoms with Gasteiger partial charge in [-0.25, -0.2) is 13.5 Å². The molecule has 1 aromatic carbocycles. The number of aliphatic hydroxyl groups excluding tert-OH is 2. The number of halogens is 3. The molecule has 1 aliphatic rings. The van der Waals surface area contributed by atoms with Crippen LogP contribution in [0.15, 0.2) is 36.8 Å². The first-order chi connectivity index (χ1) is 17.9. The average Bonchev–Trinajstić information content (AvgIpc) is 3.37. The van der Waals surface area contributed by atoms with E-state index in [-0.39, 0.29) is 11.3 Å². The summed E-state index contributed by atoms with van der Waals surface area (Å²) >= 11 is 10.2. The Morgan fingerprint density at radius 2 is 1.92 bits per heavy atom. The summed E-state index contributed by atoms with van der Waals surface area (Å²) in [6.07, 6.45) is 1.05. The second-order valence-electron chi connectivity index (χ2n) is 9.94. The molecule has 5 atom stereocenters. The minimum Gasteiger partial charge on any atom is -0.394 e. The van der Waals surface area contributed by atoms with Crippen LogP contribution in [0.5, 0.6) is 0 Å². The second-order valence-corrected chi connectivity index (χ2v) is 15.6. The number of hydrogen-bond donors (Lipinski definition) is 3. The molecule has 0 saturated carbocycles. The molecule has 1 aliphatic heterocycles. The van der Waals surface area contributed by atoms with Crippen LogP contribution in [0.1, 0.15) is 11.1 Å². The van der Waals surface area contributed by atoms with Crippen LogP contribution in [0.3, 0.4) is 0 Å². The number of aliphatic hydroxyl groups is 2. The van der Waals surface area contributed by atoms with Crippen LogP contribution in [-0.2, 0) is 15.0 Å². The number of aromatic nitrogens is 4. The van der Waals surface area contributed by atoms with Crippen LogP contribution in [0, 0.1) is 23.1 Å². The van der Waals surface area contributed by atoms with Gasteiger partial charge in [0.25, 0.3) is 0 Å². The summed E-state index contributed by atoms with van der Waals surface area (Å²) in [4.78, 5) is 4.35. The van der Waals surface area contributed by atoms with Crippen LogP contribution < -0.4 is 0 Å². The van der Waals surface area contributed by atoms with Crippen molar-refractivity contribution >= 4 is 32.3 Å². The highest BCUT2D eigenvalue weighted by atomic mass is 35.5. The van der Waals surface area contributed by atoms with E-state index in [2.05, 4.69) is 59.0 Å². The van der Waals surface area contributed by atoms with Gasteiger partial charge in [0.15, 0.2) is 0 Å². The highest BCUT2D eigenvalue weighted by molar-refractivity contribution is 7.80. The second kappa shape index (κ2) is 11.0. The van der Waals surface area contributed by atoms with E-state index >= 15 is 0 Å². The number of methoxy groups -OCH3 is 1. The zero-order valence-electron chi connectivity index (χ0n) is 21.1. The summed E-state index contributed by atoms with van der Waals surface area (Å²) in [5, 5.41) is 29.4. The van der Waals surface area contributed by atoms with Gasteiger partial charge in [-0.3, -0.25) is 4.98 Å². The summed E-state index contributed by atoms with van der Waals surface area (Å²) in [5.41, 5.74) is 2.00. The average molecular weight is 581 g/mol. The highest BCUT2D eigenvalue weighted by Crippen LogP contribution is 2.44. The van der Waals surface area contributed by atoms with E-state index in [1.54, 1.807) is 12.3 Å². The van der Waals surface area contributed by atoms with E-state index in [0.29, 0.717) is 11.1 Å². The quantitative estimate of drug-likeness (QED) is 0.184. The molecule has 4 rings (SSSR count). The summed E-state index contributed by atoms with van der Waals surface area (Å²) in [5.74, 6) is 1.24. The van der Waals surface area contributed by atoms with Gasteiger partial charge in [-0.1, -0.05) is 42.4 Å². The molecule has 8 nitrogen and oxygen atoms in total. The van der Waals surface area contributed by atoms with Gasteiger partial charge in [-0.15, -0.1) is 23.3 Å². The molecule has 1 fully saturated rings. The molecule has 3 aromatic rings. The minimum atomic E-state index is -1.72. The Bertz CT molecular complexity index is 1370. The van der Waals surface area contributed by atoms with Crippen LogP contribution >= 0.6 is 24.2 Å². The fourth-order valence-electron chi connectivity index (χ4n) is 4.43. The van der Waals surface area contributed by atoms with Gasteiger partial charge in [0.2, 0.25) is 0 Å². The summed E-state index contributed by atoms with van der Waals surface area (Å²) < 4.78 is 41.2. The van der Waals surface area contributed by atoms with Crippen LogP contribution in [0.2, 0.25) is 24.7 Å². The summed E-state index contributed by atoms with van der Waals surface area (Å²) in [7, 11) is -0.297. The maximum Gasteiger partial charge on any atom is 0.149 e. The number of benzene rings is 1. The molecule has 0 amide bonds. The fraction of sp³-hybridized carbons (Fsp3) is 0.400. The molecule has 2 aromatic heterocycles. The standard InChI is InChI=1S/C25H27ClF2N4O4SSi/c1-35-23-24(37)36-20(13-33)22(34)25(23,16-7-14(10-29-11-16)5-6-38(2,3)4)32-12-19(30-31-32)15-8-17(27)21(26)18(28)9-15/h7-12,20,22-24,33-34,37H,13H2,1-4H3/t20-,22+,23+,24-,25?/m1/s1. The number of nitrogens with zero attached hydrogens (tertiary/aromatic N) is 4. The van der Waals surface area contributed by atoms with Crippen molar-refractivity contribution < 1.29 is 28.5 Å². The minimum absolute atomic E-state index is 0.0790. The molecule has 13 heteroatoms. The SMILES string of the molecule is CO[C@H]1[C@@H](S)O[C@H](CO)[C@H](O)C1(c1cncc(C#C[Si](C)(C)C)c1)n1cc(-c2cc(F)c(Cl)c(F)c2)nn1. The maximum atomic E-state index is 14.2. The normalized spacial score (nSPS) is 25.6. The molecule has 0 spiro atoms. The van der Waals surface area contributed by atoms with Crippen LogP contribution in [-0.4, -0.2) is 75.7 Å². The zero-order chi connectivity index (χ0) is 27.8. The van der Waals surface area contributed by atoms with Crippen molar-refractivity contribution in [1.82, 2.24) is 20.0 Å². The lowest BCUT2D eigenvalue weighted by atomic mass is 9.75. The monoisotopic (exact) mass is 580 g/mol. The Labute approximate surface area is 230 Å². The topological polar surface area (TPSA) is 103 Å². The fourth-order valence-corrected chi connectivity index (χ4v) is 5.57. The Kier molecular flexibility index (Phi) is 8.30. The number of thiol groups is 1. The van der Waals surface area contributed by atoms with Crippen molar-refractivity contribution in [2.75, 3.05) is 13.7 Å². The van der Waals surface area contributed by atoms with Gasteiger partial charge in [0.1, 0.15) is 59.7 Å². The lowest BCUT2D eigenvalue weighted by molar-refractivity contribution is -0.213. The maximum absolute atomic E-state index is 14.2. The highest BCUT2D eigenvalue weighted by Gasteiger charge is 2.59. The van der Waals surface area contributed by atoms with Crippen molar-refractivity contribution in [3.63, 3.8) is 0 Å². The first-order valence-electron chi connectivity index (χ1n) is 11.6. The number of ether oxygens (including phenoxy) is 2. The van der Waals surface area contributed by atoms with Gasteiger partial charge in [0.05, 0.1) is 12.8 Å². The molecular formula is C25H27ClF2N4O4SSi. The largest absolute Gasteiger partial charge is 0.394 e. The van der Waals surface area contributed by atoms with Crippen LogP contribution in [0.4, 0.5) is 8.78 Å². The van der Waals surface area contributed by atoms with E-state index < -0.39 is 60.6 Å². The third-order valence-corrected chi connectivity index (χ3v) is 7.81. The van der Waals surface area contributed by atoms with Crippen molar-refractivity contribution in [2.45, 2.75) is 48.9 Å². The predicted molar refractivity (Wildman–Crippen MR) is 143 cm³/mol. The molecule has 3 heterocycles. The van der Waals surface area contributed by atoms with Crippen LogP contribution in [0.25, 0.3) is 11.3 Å². The molecule has 1 unspecified atom stereocenters. The Morgan fingerprint density at radius 1 is 1.24 bits per heavy atom. The number of pyridine rings is 1. The molecule has 1 saturated heterocycles. The number of hydrogen-bond acceptors (Lipinski definition) is 8. The van der Waals surface area contributed by atoms with Crippen molar-refractivity contribution in [1.29, 1.82) is 0 Å².